The molecule has 0 radical (unpaired) electrons. The van der Waals surface area contributed by atoms with Crippen LogP contribution in [0.5, 0.6) is 11.5 Å². The number of methoxy groups -OCH3 is 1. The van der Waals surface area contributed by atoms with Gasteiger partial charge in [0.1, 0.15) is 11.5 Å². The highest BCUT2D eigenvalue weighted by Crippen LogP contribution is 2.16. The van der Waals surface area contributed by atoms with Crippen LogP contribution >= 0.6 is 0 Å². The smallest absolute Gasteiger partial charge is 0.257 e. The van der Waals surface area contributed by atoms with Gasteiger partial charge in [0.25, 0.3) is 5.91 Å². The molecule has 0 bridgehead atoms. The van der Waals surface area contributed by atoms with Crippen LogP contribution in [0.2, 0.25) is 0 Å². The molecule has 0 heterocycles. The van der Waals surface area contributed by atoms with Crippen molar-refractivity contribution in [2.45, 2.75) is 6.42 Å². The van der Waals surface area contributed by atoms with Crippen LogP contribution in [0, 0.1) is 0 Å². The van der Waals surface area contributed by atoms with E-state index in [0.717, 1.165) is 5.75 Å². The molecule has 0 aliphatic carbocycles. The summed E-state index contributed by atoms with van der Waals surface area (Å²) in [6.45, 7) is 0.499. The zero-order valence-corrected chi connectivity index (χ0v) is 9.81. The van der Waals surface area contributed by atoms with Crippen molar-refractivity contribution in [2.24, 2.45) is 0 Å². The first-order chi connectivity index (χ1) is 8.26. The summed E-state index contributed by atoms with van der Waals surface area (Å²) in [4.78, 5) is 11.3. The minimum Gasteiger partial charge on any atom is -0.497 e. The number of aliphatic hydroxyl groups is 1. The molecule has 0 saturated carbocycles. The molecule has 0 aliphatic rings. The Morgan fingerprint density at radius 1 is 1.29 bits per heavy atom. The average Bonchev–Trinajstić information content (AvgIpc) is 2.37. The second-order valence-electron chi connectivity index (χ2n) is 3.39. The lowest BCUT2D eigenvalue weighted by molar-refractivity contribution is -0.123. The molecule has 2 N–H and O–H groups in total. The Balaban J connectivity index is 2.27. The minimum atomic E-state index is -0.200. The lowest BCUT2D eigenvalue weighted by Gasteiger charge is -2.07. The number of amides is 1. The van der Waals surface area contributed by atoms with Crippen molar-refractivity contribution in [2.75, 3.05) is 26.9 Å². The first kappa shape index (κ1) is 13.3. The van der Waals surface area contributed by atoms with E-state index in [1.807, 2.05) is 0 Å². The Labute approximate surface area is 100 Å². The van der Waals surface area contributed by atoms with Crippen LogP contribution in [0.25, 0.3) is 0 Å². The van der Waals surface area contributed by atoms with Gasteiger partial charge in [-0.1, -0.05) is 0 Å². The summed E-state index contributed by atoms with van der Waals surface area (Å²) in [6.07, 6.45) is 0.550. The largest absolute Gasteiger partial charge is 0.497 e. The predicted molar refractivity (Wildman–Crippen MR) is 63.2 cm³/mol. The molecule has 0 aliphatic heterocycles. The fourth-order valence-electron chi connectivity index (χ4n) is 1.18. The van der Waals surface area contributed by atoms with Gasteiger partial charge >= 0.3 is 0 Å². The summed E-state index contributed by atoms with van der Waals surface area (Å²) >= 11 is 0. The molecular formula is C12H17NO4. The van der Waals surface area contributed by atoms with E-state index < -0.39 is 0 Å². The number of ether oxygens (including phenoxy) is 2. The monoisotopic (exact) mass is 239 g/mol. The van der Waals surface area contributed by atoms with Gasteiger partial charge in [0.2, 0.25) is 0 Å². The fourth-order valence-corrected chi connectivity index (χ4v) is 1.18. The Kier molecular flexibility index (Phi) is 5.88. The quantitative estimate of drug-likeness (QED) is 0.683. The van der Waals surface area contributed by atoms with Gasteiger partial charge in [-0.15, -0.1) is 0 Å². The van der Waals surface area contributed by atoms with E-state index in [0.29, 0.717) is 18.7 Å². The van der Waals surface area contributed by atoms with Crippen molar-refractivity contribution in [3.8, 4) is 11.5 Å². The summed E-state index contributed by atoms with van der Waals surface area (Å²) in [6, 6.07) is 7.00. The summed E-state index contributed by atoms with van der Waals surface area (Å²) < 4.78 is 10.3. The van der Waals surface area contributed by atoms with Crippen molar-refractivity contribution in [1.82, 2.24) is 5.32 Å². The van der Waals surface area contributed by atoms with Crippen molar-refractivity contribution in [1.29, 1.82) is 0 Å². The van der Waals surface area contributed by atoms with Gasteiger partial charge < -0.3 is 19.9 Å². The summed E-state index contributed by atoms with van der Waals surface area (Å²) in [5.74, 6) is 1.15. The maximum absolute atomic E-state index is 11.3. The first-order valence-electron chi connectivity index (χ1n) is 5.40. The van der Waals surface area contributed by atoms with Gasteiger partial charge in [0.05, 0.1) is 7.11 Å². The van der Waals surface area contributed by atoms with Crippen LogP contribution in [-0.4, -0.2) is 37.9 Å². The molecular weight excluding hydrogens is 222 g/mol. The number of hydrogen-bond donors (Lipinski definition) is 2. The molecule has 5 heteroatoms. The van der Waals surface area contributed by atoms with E-state index in [1.54, 1.807) is 31.4 Å². The van der Waals surface area contributed by atoms with E-state index in [9.17, 15) is 4.79 Å². The number of benzene rings is 1. The van der Waals surface area contributed by atoms with Gasteiger partial charge in [-0.25, -0.2) is 0 Å². The van der Waals surface area contributed by atoms with Gasteiger partial charge in [0.15, 0.2) is 6.61 Å². The second-order valence-corrected chi connectivity index (χ2v) is 3.39. The van der Waals surface area contributed by atoms with Crippen LogP contribution in [0.15, 0.2) is 24.3 Å². The van der Waals surface area contributed by atoms with Crippen LogP contribution in [0.4, 0.5) is 0 Å². The number of carbonyl (C=O) groups excluding carboxylic acids is 1. The molecule has 0 unspecified atom stereocenters. The number of aliphatic hydroxyl groups excluding tert-OH is 1. The van der Waals surface area contributed by atoms with E-state index in [4.69, 9.17) is 14.6 Å². The molecule has 1 rings (SSSR count). The van der Waals surface area contributed by atoms with Crippen LogP contribution in [-0.2, 0) is 4.79 Å². The van der Waals surface area contributed by atoms with Crippen molar-refractivity contribution >= 4 is 5.91 Å². The highest BCUT2D eigenvalue weighted by molar-refractivity contribution is 5.77. The molecule has 1 amide bonds. The van der Waals surface area contributed by atoms with E-state index in [-0.39, 0.29) is 19.1 Å². The van der Waals surface area contributed by atoms with E-state index in [2.05, 4.69) is 5.32 Å². The summed E-state index contributed by atoms with van der Waals surface area (Å²) in [7, 11) is 1.59. The number of nitrogens with one attached hydrogen (secondary N) is 1. The van der Waals surface area contributed by atoms with Crippen molar-refractivity contribution < 1.29 is 19.4 Å². The van der Waals surface area contributed by atoms with E-state index in [1.165, 1.54) is 0 Å². The van der Waals surface area contributed by atoms with Crippen molar-refractivity contribution in [3.63, 3.8) is 0 Å². The Morgan fingerprint density at radius 3 is 2.53 bits per heavy atom. The zero-order chi connectivity index (χ0) is 12.5. The third kappa shape index (κ3) is 5.21. The van der Waals surface area contributed by atoms with E-state index >= 15 is 0 Å². The Hall–Kier alpha value is -1.75. The SMILES string of the molecule is COc1ccc(OCC(=O)NCCCO)cc1. The molecule has 1 aromatic carbocycles. The lowest BCUT2D eigenvalue weighted by Crippen LogP contribution is -2.30. The molecule has 0 saturated heterocycles. The number of rotatable bonds is 7. The number of hydrogen-bond acceptors (Lipinski definition) is 4. The third-order valence-corrected chi connectivity index (χ3v) is 2.09. The maximum Gasteiger partial charge on any atom is 0.257 e. The normalized spacial score (nSPS) is 9.76. The highest BCUT2D eigenvalue weighted by Gasteiger charge is 2.01. The predicted octanol–water partition coefficient (Wildman–Crippen LogP) is 0.573. The minimum absolute atomic E-state index is 0.0300. The maximum atomic E-state index is 11.3. The van der Waals surface area contributed by atoms with Crippen LogP contribution < -0.4 is 14.8 Å². The van der Waals surface area contributed by atoms with Gasteiger partial charge in [0, 0.05) is 13.2 Å². The highest BCUT2D eigenvalue weighted by atomic mass is 16.5. The Morgan fingerprint density at radius 2 is 1.94 bits per heavy atom. The molecule has 5 nitrogen and oxygen atoms in total. The fraction of sp³-hybridized carbons (Fsp3) is 0.417. The topological polar surface area (TPSA) is 67.8 Å². The average molecular weight is 239 g/mol. The molecule has 0 spiro atoms. The summed E-state index contributed by atoms with van der Waals surface area (Å²) in [5, 5.41) is 11.2. The lowest BCUT2D eigenvalue weighted by atomic mass is 10.3. The molecule has 0 fully saturated rings. The molecule has 1 aromatic rings. The first-order valence-corrected chi connectivity index (χ1v) is 5.40. The molecule has 0 atom stereocenters. The zero-order valence-electron chi connectivity index (χ0n) is 9.81. The third-order valence-electron chi connectivity index (χ3n) is 2.09. The molecule has 94 valence electrons. The van der Waals surface area contributed by atoms with Crippen LogP contribution in [0.3, 0.4) is 0 Å². The number of carbonyl (C=O) groups is 1. The summed E-state index contributed by atoms with van der Waals surface area (Å²) in [5.41, 5.74) is 0. The van der Waals surface area contributed by atoms with Gasteiger partial charge in [-0.3, -0.25) is 4.79 Å². The molecule has 17 heavy (non-hydrogen) atoms. The Bertz CT molecular complexity index is 337. The van der Waals surface area contributed by atoms with Gasteiger partial charge in [-0.05, 0) is 30.7 Å². The van der Waals surface area contributed by atoms with Crippen molar-refractivity contribution in [3.05, 3.63) is 24.3 Å². The standard InChI is InChI=1S/C12H17NO4/c1-16-10-3-5-11(6-4-10)17-9-12(15)13-7-2-8-14/h3-6,14H,2,7-9H2,1H3,(H,13,15). The molecule has 0 aromatic heterocycles. The second kappa shape index (κ2) is 7.51. The van der Waals surface area contributed by atoms with Crippen LogP contribution in [0.1, 0.15) is 6.42 Å². The van der Waals surface area contributed by atoms with Gasteiger partial charge in [-0.2, -0.15) is 0 Å².